The quantitative estimate of drug-likeness (QED) is 0.396. The average molecular weight is 468 g/mol. The summed E-state index contributed by atoms with van der Waals surface area (Å²) in [4.78, 5) is 34.9. The van der Waals surface area contributed by atoms with Crippen molar-refractivity contribution in [2.24, 2.45) is 0 Å². The van der Waals surface area contributed by atoms with Crippen molar-refractivity contribution in [2.45, 2.75) is 13.0 Å². The van der Waals surface area contributed by atoms with Gasteiger partial charge in [-0.25, -0.2) is 14.2 Å². The third kappa shape index (κ3) is 5.06. The van der Waals surface area contributed by atoms with E-state index in [2.05, 4.69) is 15.3 Å². The Morgan fingerprint density at radius 2 is 1.94 bits per heavy atom. The van der Waals surface area contributed by atoms with Crippen LogP contribution in [0.3, 0.4) is 0 Å². The fourth-order valence-corrected chi connectivity index (χ4v) is 4.75. The van der Waals surface area contributed by atoms with E-state index in [4.69, 9.17) is 4.74 Å². The molecule has 0 fully saturated rings. The highest BCUT2D eigenvalue weighted by atomic mass is 32.1. The molecule has 1 N–H and O–H groups in total. The second kappa shape index (κ2) is 9.80. The summed E-state index contributed by atoms with van der Waals surface area (Å²) in [6.45, 7) is 1.26. The highest BCUT2D eigenvalue weighted by Gasteiger charge is 2.22. The number of amides is 1. The van der Waals surface area contributed by atoms with Crippen LogP contribution >= 0.6 is 22.7 Å². The molecule has 0 aliphatic heterocycles. The van der Waals surface area contributed by atoms with E-state index >= 15 is 0 Å². The van der Waals surface area contributed by atoms with Crippen molar-refractivity contribution in [2.75, 3.05) is 6.61 Å². The highest BCUT2D eigenvalue weighted by molar-refractivity contribution is 7.17. The number of hydrogen-bond acceptors (Lipinski definition) is 7. The summed E-state index contributed by atoms with van der Waals surface area (Å²) < 4.78 is 18.6. The predicted octanol–water partition coefficient (Wildman–Crippen LogP) is 4.78. The molecule has 6 nitrogen and oxygen atoms in total. The van der Waals surface area contributed by atoms with Gasteiger partial charge in [-0.05, 0) is 48.2 Å². The van der Waals surface area contributed by atoms with E-state index in [9.17, 15) is 14.0 Å². The molecule has 0 bridgehead atoms. The summed E-state index contributed by atoms with van der Waals surface area (Å²) in [7, 11) is 0. The monoisotopic (exact) mass is 467 g/mol. The number of esters is 1. The standard InChI is InChI=1S/C23H18FN3O3S2/c1-14-21(32-22(26-14)17-5-2-3-11-25-17)23(29)30-13-19(28)27-20(18-6-4-12-31-18)15-7-9-16(24)10-8-15/h2-12,20H,13H2,1H3,(H,27,28). The van der Waals surface area contributed by atoms with Gasteiger partial charge in [-0.15, -0.1) is 22.7 Å². The van der Waals surface area contributed by atoms with Crippen LogP contribution in [0.25, 0.3) is 10.7 Å². The maximum atomic E-state index is 13.3. The average Bonchev–Trinajstić information content (AvgIpc) is 3.47. The zero-order valence-electron chi connectivity index (χ0n) is 16.9. The highest BCUT2D eigenvalue weighted by Crippen LogP contribution is 2.28. The number of nitrogens with one attached hydrogen (secondary N) is 1. The van der Waals surface area contributed by atoms with Crippen LogP contribution in [0.4, 0.5) is 4.39 Å². The maximum Gasteiger partial charge on any atom is 0.350 e. The Morgan fingerprint density at radius 1 is 1.12 bits per heavy atom. The largest absolute Gasteiger partial charge is 0.451 e. The van der Waals surface area contributed by atoms with Gasteiger partial charge in [-0.1, -0.05) is 24.3 Å². The van der Waals surface area contributed by atoms with Gasteiger partial charge in [0, 0.05) is 11.1 Å². The van der Waals surface area contributed by atoms with Crippen molar-refractivity contribution in [1.29, 1.82) is 0 Å². The van der Waals surface area contributed by atoms with E-state index in [0.29, 0.717) is 21.3 Å². The molecule has 0 saturated carbocycles. The first-order chi connectivity index (χ1) is 15.5. The predicted molar refractivity (Wildman–Crippen MR) is 121 cm³/mol. The lowest BCUT2D eigenvalue weighted by molar-refractivity contribution is -0.124. The van der Waals surface area contributed by atoms with Gasteiger partial charge in [0.25, 0.3) is 5.91 Å². The number of aryl methyl sites for hydroxylation is 1. The lowest BCUT2D eigenvalue weighted by Crippen LogP contribution is -2.32. The number of carbonyl (C=O) groups excluding carboxylic acids is 2. The molecular formula is C23H18FN3O3S2. The van der Waals surface area contributed by atoms with E-state index in [0.717, 1.165) is 10.4 Å². The smallest absolute Gasteiger partial charge is 0.350 e. The minimum absolute atomic E-state index is 0.326. The summed E-state index contributed by atoms with van der Waals surface area (Å²) in [5.41, 5.74) is 1.91. The second-order valence-corrected chi connectivity index (χ2v) is 8.77. The molecule has 0 spiro atoms. The SMILES string of the molecule is Cc1nc(-c2ccccn2)sc1C(=O)OCC(=O)NC(c1ccc(F)cc1)c1cccs1. The number of halogens is 1. The number of aromatic nitrogens is 2. The summed E-state index contributed by atoms with van der Waals surface area (Å²) in [6, 6.07) is 14.6. The molecular weight excluding hydrogens is 449 g/mol. The number of carbonyl (C=O) groups is 2. The fraction of sp³-hybridized carbons (Fsp3) is 0.130. The molecule has 3 aromatic heterocycles. The number of ether oxygens (including phenoxy) is 1. The molecule has 0 saturated heterocycles. The van der Waals surface area contributed by atoms with Crippen LogP contribution in [-0.4, -0.2) is 28.5 Å². The van der Waals surface area contributed by atoms with Crippen LogP contribution in [0, 0.1) is 12.7 Å². The number of rotatable bonds is 7. The molecule has 4 rings (SSSR count). The van der Waals surface area contributed by atoms with Crippen molar-refractivity contribution < 1.29 is 18.7 Å². The van der Waals surface area contributed by atoms with E-state index in [1.54, 1.807) is 37.4 Å². The number of thiazole rings is 1. The molecule has 0 aliphatic rings. The molecule has 1 aromatic carbocycles. The molecule has 0 radical (unpaired) electrons. The zero-order valence-corrected chi connectivity index (χ0v) is 18.6. The van der Waals surface area contributed by atoms with Gasteiger partial charge in [0.1, 0.15) is 15.7 Å². The van der Waals surface area contributed by atoms with Gasteiger partial charge in [0.2, 0.25) is 0 Å². The molecule has 32 heavy (non-hydrogen) atoms. The molecule has 1 atom stereocenters. The van der Waals surface area contributed by atoms with Gasteiger partial charge in [0.15, 0.2) is 6.61 Å². The second-order valence-electron chi connectivity index (χ2n) is 6.79. The van der Waals surface area contributed by atoms with Crippen molar-refractivity contribution in [3.05, 3.63) is 93.0 Å². The minimum atomic E-state index is -0.619. The van der Waals surface area contributed by atoms with E-state index in [1.165, 1.54) is 34.8 Å². The Hall–Kier alpha value is -3.43. The van der Waals surface area contributed by atoms with E-state index < -0.39 is 24.5 Å². The molecule has 162 valence electrons. The van der Waals surface area contributed by atoms with Gasteiger partial charge in [0.05, 0.1) is 17.4 Å². The molecule has 1 amide bonds. The van der Waals surface area contributed by atoms with Crippen molar-refractivity contribution in [1.82, 2.24) is 15.3 Å². The van der Waals surface area contributed by atoms with Crippen LogP contribution in [0.15, 0.2) is 66.2 Å². The molecule has 1 unspecified atom stereocenters. The number of benzene rings is 1. The lowest BCUT2D eigenvalue weighted by atomic mass is 10.1. The van der Waals surface area contributed by atoms with Crippen molar-refractivity contribution in [3.8, 4) is 10.7 Å². The number of thiophene rings is 1. The first-order valence-electron chi connectivity index (χ1n) is 9.65. The number of nitrogens with zero attached hydrogens (tertiary/aromatic N) is 2. The van der Waals surface area contributed by atoms with Gasteiger partial charge < -0.3 is 10.1 Å². The summed E-state index contributed by atoms with van der Waals surface area (Å²) in [6.07, 6.45) is 1.65. The third-order valence-electron chi connectivity index (χ3n) is 4.54. The van der Waals surface area contributed by atoms with Crippen LogP contribution in [0.5, 0.6) is 0 Å². The van der Waals surface area contributed by atoms with Crippen LogP contribution in [0.1, 0.15) is 31.8 Å². The Morgan fingerprint density at radius 3 is 2.62 bits per heavy atom. The summed E-state index contributed by atoms with van der Waals surface area (Å²) >= 11 is 2.64. The number of pyridine rings is 1. The Balaban J connectivity index is 1.42. The summed E-state index contributed by atoms with van der Waals surface area (Å²) in [5.74, 6) is -1.44. The molecule has 4 aromatic rings. The Bertz CT molecular complexity index is 1210. The third-order valence-corrected chi connectivity index (χ3v) is 6.63. The first-order valence-corrected chi connectivity index (χ1v) is 11.3. The topological polar surface area (TPSA) is 81.2 Å². The van der Waals surface area contributed by atoms with Crippen molar-refractivity contribution >= 4 is 34.6 Å². The first kappa shape index (κ1) is 21.8. The normalized spacial score (nSPS) is 11.7. The molecule has 0 aliphatic carbocycles. The number of hydrogen-bond donors (Lipinski definition) is 1. The van der Waals surface area contributed by atoms with Crippen LogP contribution in [0.2, 0.25) is 0 Å². The van der Waals surface area contributed by atoms with E-state index in [-0.39, 0.29) is 5.82 Å². The minimum Gasteiger partial charge on any atom is -0.451 e. The van der Waals surface area contributed by atoms with Gasteiger partial charge >= 0.3 is 5.97 Å². The Kier molecular flexibility index (Phi) is 6.67. The maximum absolute atomic E-state index is 13.3. The van der Waals surface area contributed by atoms with Crippen molar-refractivity contribution in [3.63, 3.8) is 0 Å². The summed E-state index contributed by atoms with van der Waals surface area (Å²) in [5, 5.41) is 5.36. The van der Waals surface area contributed by atoms with E-state index in [1.807, 2.05) is 23.6 Å². The van der Waals surface area contributed by atoms with Crippen LogP contribution in [-0.2, 0) is 9.53 Å². The zero-order chi connectivity index (χ0) is 22.5. The Labute approximate surface area is 191 Å². The molecule has 3 heterocycles. The van der Waals surface area contributed by atoms with Gasteiger partial charge in [-0.3, -0.25) is 9.78 Å². The van der Waals surface area contributed by atoms with Crippen LogP contribution < -0.4 is 5.32 Å². The molecule has 9 heteroatoms. The van der Waals surface area contributed by atoms with Gasteiger partial charge in [-0.2, -0.15) is 0 Å². The fourth-order valence-electron chi connectivity index (χ4n) is 3.01. The lowest BCUT2D eigenvalue weighted by Gasteiger charge is -2.18.